The van der Waals surface area contributed by atoms with E-state index in [9.17, 15) is 4.79 Å². The molecule has 0 aromatic heterocycles. The Labute approximate surface area is 96.3 Å². The highest BCUT2D eigenvalue weighted by molar-refractivity contribution is 5.69. The summed E-state index contributed by atoms with van der Waals surface area (Å²) in [6.45, 7) is 3.84. The molecule has 0 bridgehead atoms. The van der Waals surface area contributed by atoms with Crippen LogP contribution in [0.1, 0.15) is 38.2 Å². The number of nitrogens with two attached hydrogens (primary N) is 1. The first kappa shape index (κ1) is 12.6. The van der Waals surface area contributed by atoms with Crippen molar-refractivity contribution in [1.29, 1.82) is 0 Å². The zero-order valence-corrected chi connectivity index (χ0v) is 9.81. The van der Waals surface area contributed by atoms with Crippen LogP contribution in [0.2, 0.25) is 0 Å². The predicted octanol–water partition coefficient (Wildman–Crippen LogP) is 2.87. The molecule has 1 aromatic rings. The third-order valence-electron chi connectivity index (χ3n) is 2.93. The quantitative estimate of drug-likeness (QED) is 0.751. The number of aliphatic carboxylic acids is 1. The first-order chi connectivity index (χ1) is 7.50. The average molecular weight is 221 g/mol. The Morgan fingerprint density at radius 1 is 1.38 bits per heavy atom. The molecular formula is C13H19NO2. The Balaban J connectivity index is 2.52. The molecule has 3 N–H and O–H groups in total. The molecule has 0 aliphatic heterocycles. The van der Waals surface area contributed by atoms with E-state index in [0.717, 1.165) is 12.1 Å². The monoisotopic (exact) mass is 221 g/mol. The van der Waals surface area contributed by atoms with Crippen molar-refractivity contribution in [3.63, 3.8) is 0 Å². The molecule has 0 aliphatic rings. The van der Waals surface area contributed by atoms with Crippen LogP contribution in [0.3, 0.4) is 0 Å². The molecule has 2 atom stereocenters. The first-order valence-corrected chi connectivity index (χ1v) is 5.59. The van der Waals surface area contributed by atoms with Crippen molar-refractivity contribution in [3.8, 4) is 0 Å². The van der Waals surface area contributed by atoms with E-state index in [4.69, 9.17) is 10.8 Å². The van der Waals surface area contributed by atoms with Gasteiger partial charge < -0.3 is 10.8 Å². The predicted molar refractivity (Wildman–Crippen MR) is 65.3 cm³/mol. The van der Waals surface area contributed by atoms with Crippen molar-refractivity contribution in [3.05, 3.63) is 29.8 Å². The number of anilines is 1. The highest BCUT2D eigenvalue weighted by Crippen LogP contribution is 2.24. The summed E-state index contributed by atoms with van der Waals surface area (Å²) < 4.78 is 0. The summed E-state index contributed by atoms with van der Waals surface area (Å²) in [6, 6.07) is 7.78. The molecule has 88 valence electrons. The molecule has 1 rings (SSSR count). The lowest BCUT2D eigenvalue weighted by atomic mass is 9.92. The first-order valence-electron chi connectivity index (χ1n) is 5.59. The molecular weight excluding hydrogens is 202 g/mol. The number of carbonyl (C=O) groups is 1. The van der Waals surface area contributed by atoms with Crippen LogP contribution in [0.5, 0.6) is 0 Å². The third-order valence-corrected chi connectivity index (χ3v) is 2.93. The molecule has 0 aliphatic carbocycles. The lowest BCUT2D eigenvalue weighted by Crippen LogP contribution is -2.10. The molecule has 0 spiro atoms. The SMILES string of the molecule is CC(CCC(C)c1cccc(N)c1)C(=O)O. The summed E-state index contributed by atoms with van der Waals surface area (Å²) in [5.41, 5.74) is 7.64. The Bertz CT molecular complexity index is 363. The van der Waals surface area contributed by atoms with Gasteiger partial charge in [-0.05, 0) is 36.5 Å². The number of hydrogen-bond donors (Lipinski definition) is 2. The smallest absolute Gasteiger partial charge is 0.306 e. The van der Waals surface area contributed by atoms with E-state index in [-0.39, 0.29) is 5.92 Å². The van der Waals surface area contributed by atoms with Gasteiger partial charge in [0.25, 0.3) is 0 Å². The van der Waals surface area contributed by atoms with Gasteiger partial charge in [0.05, 0.1) is 5.92 Å². The van der Waals surface area contributed by atoms with E-state index in [1.165, 1.54) is 5.56 Å². The van der Waals surface area contributed by atoms with Crippen LogP contribution in [0.25, 0.3) is 0 Å². The molecule has 0 radical (unpaired) electrons. The topological polar surface area (TPSA) is 63.3 Å². The van der Waals surface area contributed by atoms with Gasteiger partial charge in [-0.25, -0.2) is 0 Å². The number of benzene rings is 1. The maximum absolute atomic E-state index is 10.7. The minimum atomic E-state index is -0.722. The summed E-state index contributed by atoms with van der Waals surface area (Å²) in [7, 11) is 0. The van der Waals surface area contributed by atoms with Gasteiger partial charge >= 0.3 is 5.97 Å². The van der Waals surface area contributed by atoms with Crippen LogP contribution < -0.4 is 5.73 Å². The largest absolute Gasteiger partial charge is 0.481 e. The second-order valence-corrected chi connectivity index (χ2v) is 4.39. The van der Waals surface area contributed by atoms with Gasteiger partial charge in [0.1, 0.15) is 0 Å². The molecule has 0 fully saturated rings. The lowest BCUT2D eigenvalue weighted by molar-refractivity contribution is -0.141. The van der Waals surface area contributed by atoms with Gasteiger partial charge in [0.2, 0.25) is 0 Å². The average Bonchev–Trinajstić information content (AvgIpc) is 2.25. The number of nitrogen functional groups attached to an aromatic ring is 1. The van der Waals surface area contributed by atoms with E-state index in [1.807, 2.05) is 24.3 Å². The minimum absolute atomic E-state index is 0.275. The van der Waals surface area contributed by atoms with Crippen LogP contribution >= 0.6 is 0 Å². The Morgan fingerprint density at radius 2 is 2.06 bits per heavy atom. The maximum Gasteiger partial charge on any atom is 0.306 e. The van der Waals surface area contributed by atoms with Gasteiger partial charge in [0, 0.05) is 5.69 Å². The van der Waals surface area contributed by atoms with Crippen molar-refractivity contribution >= 4 is 11.7 Å². The number of carboxylic acids is 1. The second-order valence-electron chi connectivity index (χ2n) is 4.39. The number of rotatable bonds is 5. The maximum atomic E-state index is 10.7. The van der Waals surface area contributed by atoms with Crippen molar-refractivity contribution in [2.75, 3.05) is 5.73 Å². The number of carboxylic acid groups (broad SMARTS) is 1. The molecule has 0 saturated heterocycles. The summed E-state index contributed by atoms with van der Waals surface area (Å²) in [4.78, 5) is 10.7. The molecule has 3 nitrogen and oxygen atoms in total. The van der Waals surface area contributed by atoms with E-state index < -0.39 is 5.97 Å². The molecule has 1 aromatic carbocycles. The molecule has 2 unspecified atom stereocenters. The van der Waals surface area contributed by atoms with E-state index >= 15 is 0 Å². The third kappa shape index (κ3) is 3.57. The van der Waals surface area contributed by atoms with Crippen LogP contribution in [0, 0.1) is 5.92 Å². The fourth-order valence-electron chi connectivity index (χ4n) is 1.66. The normalized spacial score (nSPS) is 14.4. The lowest BCUT2D eigenvalue weighted by Gasteiger charge is -2.13. The highest BCUT2D eigenvalue weighted by atomic mass is 16.4. The standard InChI is InChI=1S/C13H19NO2/c1-9(6-7-10(2)13(15)16)11-4-3-5-12(14)8-11/h3-5,8-10H,6-7,14H2,1-2H3,(H,15,16). The van der Waals surface area contributed by atoms with E-state index in [1.54, 1.807) is 6.92 Å². The van der Waals surface area contributed by atoms with Crippen molar-refractivity contribution in [1.82, 2.24) is 0 Å². The highest BCUT2D eigenvalue weighted by Gasteiger charge is 2.13. The number of hydrogen-bond acceptors (Lipinski definition) is 2. The molecule has 0 amide bonds. The molecule has 16 heavy (non-hydrogen) atoms. The van der Waals surface area contributed by atoms with Gasteiger partial charge in [-0.3, -0.25) is 4.79 Å². The van der Waals surface area contributed by atoms with E-state index in [0.29, 0.717) is 12.3 Å². The van der Waals surface area contributed by atoms with Gasteiger partial charge in [0.15, 0.2) is 0 Å². The van der Waals surface area contributed by atoms with Gasteiger partial charge in [-0.2, -0.15) is 0 Å². The van der Waals surface area contributed by atoms with Crippen molar-refractivity contribution < 1.29 is 9.90 Å². The summed E-state index contributed by atoms with van der Waals surface area (Å²) in [5.74, 6) is -0.645. The molecule has 3 heteroatoms. The van der Waals surface area contributed by atoms with Gasteiger partial charge in [-0.1, -0.05) is 26.0 Å². The van der Waals surface area contributed by atoms with Gasteiger partial charge in [-0.15, -0.1) is 0 Å². The van der Waals surface area contributed by atoms with Crippen molar-refractivity contribution in [2.24, 2.45) is 5.92 Å². The zero-order chi connectivity index (χ0) is 12.1. The minimum Gasteiger partial charge on any atom is -0.481 e. The Morgan fingerprint density at radius 3 is 2.62 bits per heavy atom. The zero-order valence-electron chi connectivity index (χ0n) is 9.81. The van der Waals surface area contributed by atoms with Crippen LogP contribution in [0.4, 0.5) is 5.69 Å². The second kappa shape index (κ2) is 5.54. The summed E-state index contributed by atoms with van der Waals surface area (Å²) in [6.07, 6.45) is 1.57. The summed E-state index contributed by atoms with van der Waals surface area (Å²) in [5, 5.41) is 8.79. The fraction of sp³-hybridized carbons (Fsp3) is 0.462. The molecule has 0 heterocycles. The molecule has 0 saturated carbocycles. The van der Waals surface area contributed by atoms with Crippen LogP contribution in [0.15, 0.2) is 24.3 Å². The van der Waals surface area contributed by atoms with Crippen LogP contribution in [-0.4, -0.2) is 11.1 Å². The van der Waals surface area contributed by atoms with E-state index in [2.05, 4.69) is 6.92 Å². The Kier molecular flexibility index (Phi) is 4.35. The summed E-state index contributed by atoms with van der Waals surface area (Å²) >= 11 is 0. The fourth-order valence-corrected chi connectivity index (χ4v) is 1.66. The van der Waals surface area contributed by atoms with Crippen LogP contribution in [-0.2, 0) is 4.79 Å². The van der Waals surface area contributed by atoms with Crippen molar-refractivity contribution in [2.45, 2.75) is 32.6 Å². The Hall–Kier alpha value is -1.51.